The topological polar surface area (TPSA) is 35.6 Å². The molecule has 1 rings (SSSR count). The van der Waals surface area contributed by atoms with Crippen molar-refractivity contribution in [1.29, 1.82) is 0 Å². The van der Waals surface area contributed by atoms with Crippen LogP contribution in [-0.2, 0) is 4.79 Å². The van der Waals surface area contributed by atoms with Gasteiger partial charge < -0.3 is 10.2 Å². The SMILES string of the molecule is C#CCN1CCC(NC(C)C(=O)N(CC)CC)CC1. The van der Waals surface area contributed by atoms with E-state index in [4.69, 9.17) is 6.42 Å². The lowest BCUT2D eigenvalue weighted by Crippen LogP contribution is -2.51. The Hall–Kier alpha value is -1.05. The van der Waals surface area contributed by atoms with E-state index in [0.717, 1.165) is 45.6 Å². The molecule has 1 N–H and O–H groups in total. The second-order valence-corrected chi connectivity index (χ2v) is 5.15. The second kappa shape index (κ2) is 8.19. The van der Waals surface area contributed by atoms with Crippen LogP contribution in [0, 0.1) is 12.3 Å². The maximum absolute atomic E-state index is 12.2. The van der Waals surface area contributed by atoms with Crippen LogP contribution in [0.1, 0.15) is 33.6 Å². The predicted molar refractivity (Wildman–Crippen MR) is 78.8 cm³/mol. The van der Waals surface area contributed by atoms with Crippen molar-refractivity contribution in [3.63, 3.8) is 0 Å². The van der Waals surface area contributed by atoms with Crippen LogP contribution < -0.4 is 5.32 Å². The van der Waals surface area contributed by atoms with Crippen LogP contribution in [0.2, 0.25) is 0 Å². The number of piperidine rings is 1. The Labute approximate surface area is 117 Å². The predicted octanol–water partition coefficient (Wildman–Crippen LogP) is 0.930. The summed E-state index contributed by atoms with van der Waals surface area (Å²) in [5, 5.41) is 3.46. The van der Waals surface area contributed by atoms with Crippen molar-refractivity contribution < 1.29 is 4.79 Å². The molecule has 4 nitrogen and oxygen atoms in total. The van der Waals surface area contributed by atoms with Gasteiger partial charge in [-0.3, -0.25) is 9.69 Å². The summed E-state index contributed by atoms with van der Waals surface area (Å²) in [6.45, 7) is 10.3. The average Bonchev–Trinajstić information content (AvgIpc) is 2.42. The van der Waals surface area contributed by atoms with Gasteiger partial charge in [0.25, 0.3) is 0 Å². The van der Waals surface area contributed by atoms with Gasteiger partial charge in [0, 0.05) is 32.2 Å². The summed E-state index contributed by atoms with van der Waals surface area (Å²) in [6.07, 6.45) is 7.45. The van der Waals surface area contributed by atoms with Crippen LogP contribution in [0.3, 0.4) is 0 Å². The molecule has 1 amide bonds. The molecule has 1 heterocycles. The molecule has 1 atom stereocenters. The van der Waals surface area contributed by atoms with Crippen LogP contribution in [0.4, 0.5) is 0 Å². The Morgan fingerprint density at radius 1 is 1.42 bits per heavy atom. The fraction of sp³-hybridized carbons (Fsp3) is 0.800. The van der Waals surface area contributed by atoms with E-state index in [0.29, 0.717) is 6.04 Å². The molecule has 0 saturated carbocycles. The summed E-state index contributed by atoms with van der Waals surface area (Å²) in [4.78, 5) is 16.3. The van der Waals surface area contributed by atoms with Gasteiger partial charge in [-0.2, -0.15) is 0 Å². The molecule has 108 valence electrons. The number of carbonyl (C=O) groups is 1. The van der Waals surface area contributed by atoms with Gasteiger partial charge in [-0.1, -0.05) is 5.92 Å². The number of nitrogens with zero attached hydrogens (tertiary/aromatic N) is 2. The summed E-state index contributed by atoms with van der Waals surface area (Å²) in [5.74, 6) is 2.89. The Morgan fingerprint density at radius 3 is 2.47 bits per heavy atom. The molecule has 1 saturated heterocycles. The first-order valence-corrected chi connectivity index (χ1v) is 7.33. The third-order valence-corrected chi connectivity index (χ3v) is 3.83. The Kier molecular flexibility index (Phi) is 6.90. The quantitative estimate of drug-likeness (QED) is 0.726. The van der Waals surface area contributed by atoms with Crippen molar-refractivity contribution in [2.45, 2.75) is 45.7 Å². The average molecular weight is 265 g/mol. The third-order valence-electron chi connectivity index (χ3n) is 3.83. The Bertz CT molecular complexity index is 312. The molecule has 0 bridgehead atoms. The van der Waals surface area contributed by atoms with Crippen molar-refractivity contribution in [1.82, 2.24) is 15.1 Å². The lowest BCUT2D eigenvalue weighted by atomic mass is 10.0. The summed E-state index contributed by atoms with van der Waals surface area (Å²) < 4.78 is 0. The van der Waals surface area contributed by atoms with Gasteiger partial charge in [0.05, 0.1) is 12.6 Å². The standard InChI is InChI=1S/C15H27N3O/c1-5-10-17-11-8-14(9-12-17)16-13(4)15(19)18(6-2)7-3/h1,13-14,16H,6-12H2,2-4H3. The minimum atomic E-state index is -0.0934. The lowest BCUT2D eigenvalue weighted by Gasteiger charge is -2.33. The molecular formula is C15H27N3O. The highest BCUT2D eigenvalue weighted by Crippen LogP contribution is 2.11. The first kappa shape index (κ1) is 16.0. The molecule has 0 spiro atoms. The highest BCUT2D eigenvalue weighted by Gasteiger charge is 2.24. The molecule has 1 aliphatic rings. The molecule has 0 aromatic rings. The maximum atomic E-state index is 12.2. The first-order valence-electron chi connectivity index (χ1n) is 7.33. The molecule has 0 aromatic heterocycles. The second-order valence-electron chi connectivity index (χ2n) is 5.15. The minimum absolute atomic E-state index is 0.0934. The summed E-state index contributed by atoms with van der Waals surface area (Å²) in [5.41, 5.74) is 0. The van der Waals surface area contributed by atoms with Crippen molar-refractivity contribution in [3.8, 4) is 12.3 Å². The van der Waals surface area contributed by atoms with E-state index in [-0.39, 0.29) is 11.9 Å². The number of rotatable bonds is 6. The number of likely N-dealkylation sites (tertiary alicyclic amines) is 1. The van der Waals surface area contributed by atoms with Crippen molar-refractivity contribution in [3.05, 3.63) is 0 Å². The Balaban J connectivity index is 2.36. The zero-order chi connectivity index (χ0) is 14.3. The van der Waals surface area contributed by atoms with Gasteiger partial charge in [0.15, 0.2) is 0 Å². The number of hydrogen-bond acceptors (Lipinski definition) is 3. The van der Waals surface area contributed by atoms with E-state index in [9.17, 15) is 4.79 Å². The van der Waals surface area contributed by atoms with Crippen LogP contribution in [0.5, 0.6) is 0 Å². The van der Waals surface area contributed by atoms with E-state index in [2.05, 4.69) is 16.1 Å². The molecule has 0 radical (unpaired) electrons. The van der Waals surface area contributed by atoms with Gasteiger partial charge in [0.1, 0.15) is 0 Å². The van der Waals surface area contributed by atoms with Crippen LogP contribution in [0.15, 0.2) is 0 Å². The lowest BCUT2D eigenvalue weighted by molar-refractivity contribution is -0.132. The number of likely N-dealkylation sites (N-methyl/N-ethyl adjacent to an activating group) is 1. The third kappa shape index (κ3) is 4.85. The first-order chi connectivity index (χ1) is 9.12. The zero-order valence-electron chi connectivity index (χ0n) is 12.5. The van der Waals surface area contributed by atoms with Gasteiger partial charge in [-0.25, -0.2) is 0 Å². The number of hydrogen-bond donors (Lipinski definition) is 1. The van der Waals surface area contributed by atoms with Crippen molar-refractivity contribution >= 4 is 5.91 Å². The van der Waals surface area contributed by atoms with E-state index in [1.54, 1.807) is 0 Å². The molecular weight excluding hydrogens is 238 g/mol. The molecule has 1 unspecified atom stereocenters. The molecule has 4 heteroatoms. The van der Waals surface area contributed by atoms with Crippen molar-refractivity contribution in [2.75, 3.05) is 32.7 Å². The fourth-order valence-electron chi connectivity index (χ4n) is 2.62. The van der Waals surface area contributed by atoms with Gasteiger partial charge in [-0.15, -0.1) is 6.42 Å². The maximum Gasteiger partial charge on any atom is 0.239 e. The number of carbonyl (C=O) groups excluding carboxylic acids is 1. The van der Waals surface area contributed by atoms with Crippen LogP contribution in [-0.4, -0.2) is 60.5 Å². The van der Waals surface area contributed by atoms with Gasteiger partial charge in [0.2, 0.25) is 5.91 Å². The number of terminal acetylenes is 1. The molecule has 0 aliphatic carbocycles. The normalized spacial score (nSPS) is 18.8. The highest BCUT2D eigenvalue weighted by atomic mass is 16.2. The summed E-state index contributed by atoms with van der Waals surface area (Å²) in [7, 11) is 0. The smallest absolute Gasteiger partial charge is 0.239 e. The van der Waals surface area contributed by atoms with E-state index in [1.165, 1.54) is 0 Å². The number of amides is 1. The summed E-state index contributed by atoms with van der Waals surface area (Å²) >= 11 is 0. The molecule has 0 aromatic carbocycles. The summed E-state index contributed by atoms with van der Waals surface area (Å²) in [6, 6.07) is 0.340. The fourth-order valence-corrected chi connectivity index (χ4v) is 2.62. The molecule has 19 heavy (non-hydrogen) atoms. The minimum Gasteiger partial charge on any atom is -0.342 e. The van der Waals surface area contributed by atoms with Crippen LogP contribution >= 0.6 is 0 Å². The zero-order valence-corrected chi connectivity index (χ0v) is 12.5. The van der Waals surface area contributed by atoms with Gasteiger partial charge in [-0.05, 0) is 33.6 Å². The van der Waals surface area contributed by atoms with Crippen LogP contribution in [0.25, 0.3) is 0 Å². The number of nitrogens with one attached hydrogen (secondary N) is 1. The monoisotopic (exact) mass is 265 g/mol. The largest absolute Gasteiger partial charge is 0.342 e. The molecule has 1 fully saturated rings. The van der Waals surface area contributed by atoms with E-state index in [1.807, 2.05) is 25.7 Å². The van der Waals surface area contributed by atoms with E-state index >= 15 is 0 Å². The van der Waals surface area contributed by atoms with Crippen molar-refractivity contribution in [2.24, 2.45) is 0 Å². The highest BCUT2D eigenvalue weighted by molar-refractivity contribution is 5.81. The molecule has 1 aliphatic heterocycles. The Morgan fingerprint density at radius 2 is 2.00 bits per heavy atom. The van der Waals surface area contributed by atoms with E-state index < -0.39 is 0 Å². The van der Waals surface area contributed by atoms with Gasteiger partial charge >= 0.3 is 0 Å².